The Hall–Kier alpha value is -1.10. The van der Waals surface area contributed by atoms with Crippen molar-refractivity contribution in [3.63, 3.8) is 0 Å². The van der Waals surface area contributed by atoms with Gasteiger partial charge in [-0.25, -0.2) is 0 Å². The second-order valence-corrected chi connectivity index (χ2v) is 6.31. The van der Waals surface area contributed by atoms with Gasteiger partial charge in [-0.05, 0) is 37.3 Å². The molecule has 110 valence electrons. The van der Waals surface area contributed by atoms with Gasteiger partial charge >= 0.3 is 5.97 Å². The fourth-order valence-corrected chi connectivity index (χ4v) is 2.13. The number of nitrogens with one attached hydrogen (secondary N) is 2. The van der Waals surface area contributed by atoms with E-state index >= 15 is 0 Å². The van der Waals surface area contributed by atoms with E-state index in [1.54, 1.807) is 0 Å². The number of hydrogen-bond donors (Lipinski definition) is 3. The summed E-state index contributed by atoms with van der Waals surface area (Å²) in [5.41, 5.74) is -0.0487. The lowest BCUT2D eigenvalue weighted by atomic mass is 9.84. The maximum atomic E-state index is 11.9. The van der Waals surface area contributed by atoms with Gasteiger partial charge in [0, 0.05) is 18.9 Å². The minimum absolute atomic E-state index is 0.0487. The molecule has 0 spiro atoms. The van der Waals surface area contributed by atoms with E-state index in [1.165, 1.54) is 0 Å². The third kappa shape index (κ3) is 5.59. The lowest BCUT2D eigenvalue weighted by Crippen LogP contribution is -2.49. The van der Waals surface area contributed by atoms with Crippen LogP contribution in [0.1, 0.15) is 40.0 Å². The highest BCUT2D eigenvalue weighted by molar-refractivity contribution is 5.78. The first-order valence-corrected chi connectivity index (χ1v) is 7.02. The highest BCUT2D eigenvalue weighted by Crippen LogP contribution is 2.26. The molecular formula is C14H26N2O3. The van der Waals surface area contributed by atoms with Crippen molar-refractivity contribution in [2.45, 2.75) is 40.0 Å². The molecule has 1 aliphatic heterocycles. The summed E-state index contributed by atoms with van der Waals surface area (Å²) in [6.07, 6.45) is 1.63. The fourth-order valence-electron chi connectivity index (χ4n) is 2.13. The zero-order chi connectivity index (χ0) is 14.5. The molecular weight excluding hydrogens is 244 g/mol. The summed E-state index contributed by atoms with van der Waals surface area (Å²) in [6.45, 7) is 8.53. The number of hydrogen-bond acceptors (Lipinski definition) is 3. The first-order valence-electron chi connectivity index (χ1n) is 7.02. The van der Waals surface area contributed by atoms with Gasteiger partial charge in [0.2, 0.25) is 5.91 Å². The van der Waals surface area contributed by atoms with Gasteiger partial charge in [-0.15, -0.1) is 0 Å². The van der Waals surface area contributed by atoms with Crippen LogP contribution in [0.15, 0.2) is 0 Å². The molecule has 0 aromatic rings. The highest BCUT2D eigenvalue weighted by Gasteiger charge is 2.28. The van der Waals surface area contributed by atoms with E-state index in [-0.39, 0.29) is 23.7 Å². The van der Waals surface area contributed by atoms with Gasteiger partial charge in [-0.2, -0.15) is 0 Å². The molecule has 0 aromatic heterocycles. The monoisotopic (exact) mass is 270 g/mol. The maximum Gasteiger partial charge on any atom is 0.303 e. The molecule has 19 heavy (non-hydrogen) atoms. The first kappa shape index (κ1) is 16.0. The molecule has 1 rings (SSSR count). The standard InChI is InChI=1S/C14H26N2O3/c1-10(11-8-15-9-11)13(19)16-7-6-14(2,3)5-4-12(17)18/h10-11,15H,4-9H2,1-3H3,(H,16,19)(H,17,18). The average molecular weight is 270 g/mol. The van der Waals surface area contributed by atoms with Crippen molar-refractivity contribution in [1.29, 1.82) is 0 Å². The molecule has 5 heteroatoms. The third-order valence-electron chi connectivity index (χ3n) is 4.05. The van der Waals surface area contributed by atoms with Crippen LogP contribution in [0, 0.1) is 17.3 Å². The van der Waals surface area contributed by atoms with Crippen molar-refractivity contribution in [1.82, 2.24) is 10.6 Å². The molecule has 1 saturated heterocycles. The van der Waals surface area contributed by atoms with Gasteiger partial charge in [-0.1, -0.05) is 20.8 Å². The van der Waals surface area contributed by atoms with Crippen LogP contribution in [-0.4, -0.2) is 36.6 Å². The molecule has 1 atom stereocenters. The highest BCUT2D eigenvalue weighted by atomic mass is 16.4. The van der Waals surface area contributed by atoms with Crippen LogP contribution < -0.4 is 10.6 Å². The summed E-state index contributed by atoms with van der Waals surface area (Å²) < 4.78 is 0. The SMILES string of the molecule is CC(C(=O)NCCC(C)(C)CCC(=O)O)C1CNC1. The number of amides is 1. The van der Waals surface area contributed by atoms with Crippen LogP contribution >= 0.6 is 0 Å². The molecule has 1 fully saturated rings. The fraction of sp³-hybridized carbons (Fsp3) is 0.857. The molecule has 0 aliphatic carbocycles. The summed E-state index contributed by atoms with van der Waals surface area (Å²) in [5.74, 6) is -0.132. The number of carboxylic acids is 1. The molecule has 0 bridgehead atoms. The van der Waals surface area contributed by atoms with Crippen LogP contribution in [0.2, 0.25) is 0 Å². The molecule has 1 aliphatic rings. The lowest BCUT2D eigenvalue weighted by Gasteiger charge is -2.32. The largest absolute Gasteiger partial charge is 0.481 e. The van der Waals surface area contributed by atoms with Crippen LogP contribution in [0.3, 0.4) is 0 Å². The molecule has 0 aromatic carbocycles. The number of rotatable bonds is 8. The van der Waals surface area contributed by atoms with Gasteiger partial charge < -0.3 is 15.7 Å². The Bertz CT molecular complexity index is 325. The number of carbonyl (C=O) groups is 2. The van der Waals surface area contributed by atoms with Gasteiger partial charge in [0.25, 0.3) is 0 Å². The number of aliphatic carboxylic acids is 1. The topological polar surface area (TPSA) is 78.4 Å². The lowest BCUT2D eigenvalue weighted by molar-refractivity contribution is -0.137. The van der Waals surface area contributed by atoms with E-state index < -0.39 is 5.97 Å². The predicted octanol–water partition coefficient (Wildman–Crippen LogP) is 1.24. The number of carboxylic acid groups (broad SMARTS) is 1. The van der Waals surface area contributed by atoms with Crippen molar-refractivity contribution in [2.75, 3.05) is 19.6 Å². The van der Waals surface area contributed by atoms with Gasteiger partial charge in [-0.3, -0.25) is 9.59 Å². The zero-order valence-electron chi connectivity index (χ0n) is 12.2. The van der Waals surface area contributed by atoms with Crippen molar-refractivity contribution < 1.29 is 14.7 Å². The van der Waals surface area contributed by atoms with Crippen LogP contribution in [0.5, 0.6) is 0 Å². The molecule has 1 heterocycles. The Morgan fingerprint density at radius 2 is 2.00 bits per heavy atom. The Labute approximate surface area is 115 Å². The Kier molecular flexibility index (Phi) is 5.79. The van der Waals surface area contributed by atoms with Crippen molar-refractivity contribution in [3.8, 4) is 0 Å². The van der Waals surface area contributed by atoms with Crippen LogP contribution in [-0.2, 0) is 9.59 Å². The van der Waals surface area contributed by atoms with Gasteiger partial charge in [0.05, 0.1) is 0 Å². The van der Waals surface area contributed by atoms with E-state index in [4.69, 9.17) is 5.11 Å². The molecule has 3 N–H and O–H groups in total. The second kappa shape index (κ2) is 6.89. The van der Waals surface area contributed by atoms with Gasteiger partial charge in [0.15, 0.2) is 0 Å². The Morgan fingerprint density at radius 1 is 1.37 bits per heavy atom. The predicted molar refractivity (Wildman–Crippen MR) is 73.8 cm³/mol. The third-order valence-corrected chi connectivity index (χ3v) is 4.05. The van der Waals surface area contributed by atoms with Crippen molar-refractivity contribution in [3.05, 3.63) is 0 Å². The minimum Gasteiger partial charge on any atom is -0.481 e. The summed E-state index contributed by atoms with van der Waals surface area (Å²) in [7, 11) is 0. The summed E-state index contributed by atoms with van der Waals surface area (Å²) >= 11 is 0. The van der Waals surface area contributed by atoms with Gasteiger partial charge in [0.1, 0.15) is 0 Å². The normalized spacial score (nSPS) is 17.6. The van der Waals surface area contributed by atoms with Crippen molar-refractivity contribution >= 4 is 11.9 Å². The average Bonchev–Trinajstić information content (AvgIpc) is 2.23. The molecule has 0 radical (unpaired) electrons. The second-order valence-electron chi connectivity index (χ2n) is 6.31. The van der Waals surface area contributed by atoms with E-state index in [0.717, 1.165) is 19.5 Å². The van der Waals surface area contributed by atoms with Crippen LogP contribution in [0.25, 0.3) is 0 Å². The summed E-state index contributed by atoms with van der Waals surface area (Å²) in [6, 6.07) is 0. The van der Waals surface area contributed by atoms with Crippen LogP contribution in [0.4, 0.5) is 0 Å². The number of carbonyl (C=O) groups excluding carboxylic acids is 1. The summed E-state index contributed by atoms with van der Waals surface area (Å²) in [5, 5.41) is 14.8. The summed E-state index contributed by atoms with van der Waals surface area (Å²) in [4.78, 5) is 22.5. The van der Waals surface area contributed by atoms with E-state index in [0.29, 0.717) is 18.9 Å². The molecule has 1 unspecified atom stereocenters. The maximum absolute atomic E-state index is 11.9. The molecule has 1 amide bonds. The van der Waals surface area contributed by atoms with E-state index in [9.17, 15) is 9.59 Å². The molecule has 5 nitrogen and oxygen atoms in total. The van der Waals surface area contributed by atoms with E-state index in [2.05, 4.69) is 10.6 Å². The van der Waals surface area contributed by atoms with E-state index in [1.807, 2.05) is 20.8 Å². The first-order chi connectivity index (χ1) is 8.82. The quantitative estimate of drug-likeness (QED) is 0.620. The Morgan fingerprint density at radius 3 is 2.47 bits per heavy atom. The smallest absolute Gasteiger partial charge is 0.303 e. The van der Waals surface area contributed by atoms with Crippen molar-refractivity contribution in [2.24, 2.45) is 17.3 Å². The molecule has 0 saturated carbocycles. The Balaban J connectivity index is 2.20. The zero-order valence-corrected chi connectivity index (χ0v) is 12.2. The minimum atomic E-state index is -0.761.